The Hall–Kier alpha value is -1.70. The standard InChI is InChI=1S/C11H13BrN4O3/c1-4-16-7(8(12)6(2)13-16)5-15-10(18)9(17)14(3)11(15)19/h4-5H2,1-3H3. The van der Waals surface area contributed by atoms with E-state index in [-0.39, 0.29) is 6.54 Å². The highest BCUT2D eigenvalue weighted by molar-refractivity contribution is 9.10. The van der Waals surface area contributed by atoms with E-state index in [1.165, 1.54) is 7.05 Å². The Morgan fingerprint density at radius 2 is 1.84 bits per heavy atom. The average Bonchev–Trinajstić information content (AvgIpc) is 2.76. The van der Waals surface area contributed by atoms with Gasteiger partial charge in [0, 0.05) is 13.6 Å². The summed E-state index contributed by atoms with van der Waals surface area (Å²) >= 11 is 3.39. The molecule has 0 bridgehead atoms. The Kier molecular flexibility index (Phi) is 3.44. The molecule has 102 valence electrons. The van der Waals surface area contributed by atoms with E-state index in [4.69, 9.17) is 0 Å². The minimum absolute atomic E-state index is 0.0308. The molecular weight excluding hydrogens is 316 g/mol. The van der Waals surface area contributed by atoms with Gasteiger partial charge in [-0.3, -0.25) is 19.2 Å². The predicted octanol–water partition coefficient (Wildman–Crippen LogP) is 0.895. The molecule has 0 atom stereocenters. The SMILES string of the molecule is CCn1nc(C)c(Br)c1CN1C(=O)C(=O)N(C)C1=O. The first-order valence-electron chi connectivity index (χ1n) is 5.73. The summed E-state index contributed by atoms with van der Waals surface area (Å²) in [7, 11) is 1.29. The number of aryl methyl sites for hydroxylation is 2. The van der Waals surface area contributed by atoms with E-state index in [1.807, 2.05) is 13.8 Å². The molecule has 2 rings (SSSR count). The van der Waals surface area contributed by atoms with Crippen LogP contribution in [0.4, 0.5) is 4.79 Å². The third-order valence-corrected chi connectivity index (χ3v) is 4.04. The van der Waals surface area contributed by atoms with Crippen LogP contribution < -0.4 is 0 Å². The lowest BCUT2D eigenvalue weighted by Crippen LogP contribution is -2.32. The molecule has 19 heavy (non-hydrogen) atoms. The Bertz CT molecular complexity index is 581. The molecule has 1 aliphatic heterocycles. The Labute approximate surface area is 118 Å². The van der Waals surface area contributed by atoms with Gasteiger partial charge >= 0.3 is 17.8 Å². The van der Waals surface area contributed by atoms with Crippen LogP contribution >= 0.6 is 15.9 Å². The highest BCUT2D eigenvalue weighted by Crippen LogP contribution is 2.24. The zero-order valence-electron chi connectivity index (χ0n) is 10.8. The summed E-state index contributed by atoms with van der Waals surface area (Å²) < 4.78 is 2.44. The van der Waals surface area contributed by atoms with Crippen molar-refractivity contribution >= 4 is 33.8 Å². The van der Waals surface area contributed by atoms with E-state index in [9.17, 15) is 14.4 Å². The van der Waals surface area contributed by atoms with E-state index < -0.39 is 17.8 Å². The number of rotatable bonds is 3. The van der Waals surface area contributed by atoms with E-state index in [2.05, 4.69) is 21.0 Å². The summed E-state index contributed by atoms with van der Waals surface area (Å²) in [4.78, 5) is 36.7. The molecule has 0 spiro atoms. The quantitative estimate of drug-likeness (QED) is 0.610. The van der Waals surface area contributed by atoms with Crippen LogP contribution in [0.3, 0.4) is 0 Å². The topological polar surface area (TPSA) is 75.5 Å². The van der Waals surface area contributed by atoms with Crippen LogP contribution in [0.25, 0.3) is 0 Å². The summed E-state index contributed by atoms with van der Waals surface area (Å²) in [6.07, 6.45) is 0. The summed E-state index contributed by atoms with van der Waals surface area (Å²) in [5.74, 6) is -1.61. The van der Waals surface area contributed by atoms with E-state index in [1.54, 1.807) is 4.68 Å². The van der Waals surface area contributed by atoms with Crippen molar-refractivity contribution in [1.29, 1.82) is 0 Å². The van der Waals surface area contributed by atoms with Gasteiger partial charge in [0.15, 0.2) is 0 Å². The number of hydrogen-bond acceptors (Lipinski definition) is 4. The minimum Gasteiger partial charge on any atom is -0.267 e. The second-order valence-corrected chi connectivity index (χ2v) is 4.99. The lowest BCUT2D eigenvalue weighted by atomic mass is 10.3. The maximum absolute atomic E-state index is 11.8. The van der Waals surface area contributed by atoms with Crippen LogP contribution in [-0.2, 0) is 22.7 Å². The number of urea groups is 1. The van der Waals surface area contributed by atoms with Crippen molar-refractivity contribution in [2.24, 2.45) is 0 Å². The largest absolute Gasteiger partial charge is 0.334 e. The van der Waals surface area contributed by atoms with Crippen molar-refractivity contribution in [1.82, 2.24) is 19.6 Å². The van der Waals surface area contributed by atoms with Gasteiger partial charge in [0.2, 0.25) is 0 Å². The maximum atomic E-state index is 11.8. The fourth-order valence-electron chi connectivity index (χ4n) is 1.92. The van der Waals surface area contributed by atoms with Crippen molar-refractivity contribution in [3.8, 4) is 0 Å². The van der Waals surface area contributed by atoms with Crippen LogP contribution in [0, 0.1) is 6.92 Å². The lowest BCUT2D eigenvalue weighted by Gasteiger charge is -2.14. The molecule has 2 heterocycles. The Morgan fingerprint density at radius 1 is 1.21 bits per heavy atom. The Morgan fingerprint density at radius 3 is 2.32 bits per heavy atom. The van der Waals surface area contributed by atoms with Gasteiger partial charge < -0.3 is 0 Å². The number of hydrogen-bond donors (Lipinski definition) is 0. The fraction of sp³-hybridized carbons (Fsp3) is 0.455. The molecule has 0 unspecified atom stereocenters. The zero-order valence-corrected chi connectivity index (χ0v) is 12.4. The molecule has 0 aromatic carbocycles. The molecule has 1 aromatic rings. The molecular formula is C11H13BrN4O3. The van der Waals surface area contributed by atoms with Crippen molar-refractivity contribution in [3.63, 3.8) is 0 Å². The number of halogens is 1. The molecule has 8 heteroatoms. The van der Waals surface area contributed by atoms with Gasteiger partial charge in [0.25, 0.3) is 0 Å². The molecule has 4 amide bonds. The number of imide groups is 2. The maximum Gasteiger partial charge on any atom is 0.334 e. The van der Waals surface area contributed by atoms with Crippen LogP contribution in [0.5, 0.6) is 0 Å². The molecule has 1 fully saturated rings. The highest BCUT2D eigenvalue weighted by atomic mass is 79.9. The third-order valence-electron chi connectivity index (χ3n) is 3.01. The minimum atomic E-state index is -0.805. The van der Waals surface area contributed by atoms with Crippen LogP contribution in [0.15, 0.2) is 4.47 Å². The predicted molar refractivity (Wildman–Crippen MR) is 69.1 cm³/mol. The average molecular weight is 329 g/mol. The normalized spacial score (nSPS) is 15.9. The summed E-state index contributed by atoms with van der Waals surface area (Å²) in [6.45, 7) is 4.38. The summed E-state index contributed by atoms with van der Waals surface area (Å²) in [5.41, 5.74) is 1.47. The van der Waals surface area contributed by atoms with Crippen LogP contribution in [-0.4, -0.2) is 44.5 Å². The lowest BCUT2D eigenvalue weighted by molar-refractivity contribution is -0.143. The first-order chi connectivity index (χ1) is 8.88. The van der Waals surface area contributed by atoms with E-state index in [0.717, 1.165) is 20.0 Å². The monoisotopic (exact) mass is 328 g/mol. The number of aromatic nitrogens is 2. The van der Waals surface area contributed by atoms with Gasteiger partial charge in [0.05, 0.1) is 22.4 Å². The van der Waals surface area contributed by atoms with E-state index >= 15 is 0 Å². The summed E-state index contributed by atoms with van der Waals surface area (Å²) in [5, 5.41) is 4.28. The molecule has 1 aromatic heterocycles. The number of carbonyl (C=O) groups is 3. The van der Waals surface area contributed by atoms with Gasteiger partial charge in [-0.05, 0) is 29.8 Å². The first kappa shape index (κ1) is 13.7. The van der Waals surface area contributed by atoms with E-state index in [0.29, 0.717) is 12.2 Å². The second kappa shape index (κ2) is 4.76. The number of amides is 4. The van der Waals surface area contributed by atoms with Gasteiger partial charge in [-0.15, -0.1) is 0 Å². The molecule has 7 nitrogen and oxygen atoms in total. The smallest absolute Gasteiger partial charge is 0.267 e. The van der Waals surface area contributed by atoms with Crippen LogP contribution in [0.1, 0.15) is 18.3 Å². The third kappa shape index (κ3) is 2.05. The number of carbonyl (C=O) groups excluding carboxylic acids is 3. The number of nitrogens with zero attached hydrogens (tertiary/aromatic N) is 4. The molecule has 0 aliphatic carbocycles. The van der Waals surface area contributed by atoms with Gasteiger partial charge in [0.1, 0.15) is 0 Å². The molecule has 0 radical (unpaired) electrons. The van der Waals surface area contributed by atoms with Gasteiger partial charge in [-0.2, -0.15) is 5.10 Å². The number of likely N-dealkylation sites (N-methyl/N-ethyl adjacent to an activating group) is 1. The Balaban J connectivity index is 2.34. The molecule has 0 N–H and O–H groups in total. The second-order valence-electron chi connectivity index (χ2n) is 4.20. The van der Waals surface area contributed by atoms with Gasteiger partial charge in [-0.1, -0.05) is 0 Å². The van der Waals surface area contributed by atoms with Crippen molar-refractivity contribution in [3.05, 3.63) is 15.9 Å². The van der Waals surface area contributed by atoms with Crippen molar-refractivity contribution < 1.29 is 14.4 Å². The highest BCUT2D eigenvalue weighted by Gasteiger charge is 2.42. The van der Waals surface area contributed by atoms with Crippen LogP contribution in [0.2, 0.25) is 0 Å². The van der Waals surface area contributed by atoms with Crippen molar-refractivity contribution in [2.45, 2.75) is 26.9 Å². The molecule has 1 aliphatic rings. The summed E-state index contributed by atoms with van der Waals surface area (Å²) in [6, 6.07) is -0.608. The molecule has 0 saturated carbocycles. The molecule has 1 saturated heterocycles. The van der Waals surface area contributed by atoms with Gasteiger partial charge in [-0.25, -0.2) is 9.69 Å². The fourth-order valence-corrected chi connectivity index (χ4v) is 2.33. The zero-order chi connectivity index (χ0) is 14.3. The first-order valence-corrected chi connectivity index (χ1v) is 6.53. The van der Waals surface area contributed by atoms with Crippen molar-refractivity contribution in [2.75, 3.05) is 7.05 Å².